The normalized spacial score (nSPS) is 15.6. The van der Waals surface area contributed by atoms with Crippen LogP contribution in [0.5, 0.6) is 5.75 Å². The van der Waals surface area contributed by atoms with Crippen LogP contribution in [0.3, 0.4) is 0 Å². The summed E-state index contributed by atoms with van der Waals surface area (Å²) in [4.78, 5) is 50.2. The maximum Gasteiger partial charge on any atom is 0.308 e. The van der Waals surface area contributed by atoms with Gasteiger partial charge in [0.05, 0.1) is 5.92 Å². The number of nitrogens with one attached hydrogen (secondary N) is 2. The van der Waals surface area contributed by atoms with Crippen molar-refractivity contribution in [1.29, 1.82) is 0 Å². The highest BCUT2D eigenvalue weighted by Gasteiger charge is 2.35. The van der Waals surface area contributed by atoms with E-state index in [1.807, 2.05) is 26.0 Å². The lowest BCUT2D eigenvalue weighted by Crippen LogP contribution is -2.33. The highest BCUT2D eigenvalue weighted by atomic mass is 16.5. The standard InChI is InChI=1S/C24H27N3O5/c1-15(2)27-14-19(12-22(27)29)24(31)26-21-10-5-4-7-18(21)13-25-23(30)17-8-6-9-20(11-17)32-16(3)28/h4-11,15,19H,12-14H2,1-3H3,(H,25,30)(H,26,31). The molecule has 0 saturated carbocycles. The summed E-state index contributed by atoms with van der Waals surface area (Å²) in [7, 11) is 0. The van der Waals surface area contributed by atoms with Gasteiger partial charge in [0, 0.05) is 43.7 Å². The van der Waals surface area contributed by atoms with Crippen LogP contribution in [0.4, 0.5) is 5.69 Å². The Morgan fingerprint density at radius 2 is 1.88 bits per heavy atom. The van der Waals surface area contributed by atoms with Gasteiger partial charge < -0.3 is 20.3 Å². The van der Waals surface area contributed by atoms with Crippen LogP contribution in [0.15, 0.2) is 48.5 Å². The zero-order valence-electron chi connectivity index (χ0n) is 18.4. The first-order valence-corrected chi connectivity index (χ1v) is 10.5. The molecule has 1 atom stereocenters. The number of likely N-dealkylation sites (tertiary alicyclic amines) is 1. The molecule has 1 unspecified atom stereocenters. The van der Waals surface area contributed by atoms with Gasteiger partial charge in [0.2, 0.25) is 11.8 Å². The Morgan fingerprint density at radius 3 is 2.56 bits per heavy atom. The quantitative estimate of drug-likeness (QED) is 0.512. The number of nitrogens with zero attached hydrogens (tertiary/aromatic N) is 1. The SMILES string of the molecule is CC(=O)Oc1cccc(C(=O)NCc2ccccc2NC(=O)C2CC(=O)N(C(C)C)C2)c1. The lowest BCUT2D eigenvalue weighted by molar-refractivity contribution is -0.132. The molecule has 1 aliphatic heterocycles. The molecule has 1 saturated heterocycles. The van der Waals surface area contributed by atoms with E-state index >= 15 is 0 Å². The van der Waals surface area contributed by atoms with Crippen LogP contribution < -0.4 is 15.4 Å². The number of carbonyl (C=O) groups is 4. The predicted molar refractivity (Wildman–Crippen MR) is 119 cm³/mol. The Bertz CT molecular complexity index is 1030. The zero-order valence-corrected chi connectivity index (χ0v) is 18.4. The number of para-hydroxylation sites is 1. The number of hydrogen-bond donors (Lipinski definition) is 2. The van der Waals surface area contributed by atoms with E-state index in [1.165, 1.54) is 13.0 Å². The summed E-state index contributed by atoms with van der Waals surface area (Å²) in [6.07, 6.45) is 0.196. The molecule has 1 aliphatic rings. The fraction of sp³-hybridized carbons (Fsp3) is 0.333. The second-order valence-corrected chi connectivity index (χ2v) is 7.99. The van der Waals surface area contributed by atoms with Crippen LogP contribution in [0.2, 0.25) is 0 Å². The number of carbonyl (C=O) groups excluding carboxylic acids is 4. The summed E-state index contributed by atoms with van der Waals surface area (Å²) >= 11 is 0. The minimum Gasteiger partial charge on any atom is -0.427 e. The van der Waals surface area contributed by atoms with E-state index in [0.29, 0.717) is 23.5 Å². The van der Waals surface area contributed by atoms with Gasteiger partial charge >= 0.3 is 5.97 Å². The van der Waals surface area contributed by atoms with Crippen molar-refractivity contribution < 1.29 is 23.9 Å². The van der Waals surface area contributed by atoms with E-state index in [1.54, 1.807) is 35.2 Å². The first kappa shape index (κ1) is 23.0. The molecule has 0 bridgehead atoms. The van der Waals surface area contributed by atoms with Gasteiger partial charge in [-0.3, -0.25) is 19.2 Å². The molecule has 1 fully saturated rings. The molecule has 2 N–H and O–H groups in total. The molecular formula is C24H27N3O5. The van der Waals surface area contributed by atoms with Gasteiger partial charge in [-0.05, 0) is 43.7 Å². The van der Waals surface area contributed by atoms with Crippen molar-refractivity contribution in [2.24, 2.45) is 5.92 Å². The molecule has 3 amide bonds. The molecule has 8 heteroatoms. The van der Waals surface area contributed by atoms with Gasteiger partial charge in [0.1, 0.15) is 5.75 Å². The number of anilines is 1. The Kier molecular flexibility index (Phi) is 7.25. The zero-order chi connectivity index (χ0) is 23.3. The molecule has 168 valence electrons. The number of esters is 1. The maximum atomic E-state index is 12.7. The van der Waals surface area contributed by atoms with Crippen LogP contribution in [-0.4, -0.2) is 41.2 Å². The number of benzene rings is 2. The van der Waals surface area contributed by atoms with Gasteiger partial charge in [-0.1, -0.05) is 24.3 Å². The third-order valence-electron chi connectivity index (χ3n) is 5.23. The second kappa shape index (κ2) is 10.1. The van der Waals surface area contributed by atoms with E-state index < -0.39 is 11.9 Å². The van der Waals surface area contributed by atoms with Crippen molar-refractivity contribution in [1.82, 2.24) is 10.2 Å². The van der Waals surface area contributed by atoms with E-state index in [2.05, 4.69) is 10.6 Å². The lowest BCUT2D eigenvalue weighted by Gasteiger charge is -2.21. The second-order valence-electron chi connectivity index (χ2n) is 7.99. The van der Waals surface area contributed by atoms with E-state index in [9.17, 15) is 19.2 Å². The van der Waals surface area contributed by atoms with Crippen molar-refractivity contribution in [2.45, 2.75) is 39.8 Å². The Labute approximate surface area is 186 Å². The molecule has 0 spiro atoms. The van der Waals surface area contributed by atoms with Crippen LogP contribution in [0.1, 0.15) is 43.1 Å². The number of hydrogen-bond acceptors (Lipinski definition) is 5. The Hall–Kier alpha value is -3.68. The molecule has 32 heavy (non-hydrogen) atoms. The molecule has 3 rings (SSSR count). The molecule has 2 aromatic carbocycles. The van der Waals surface area contributed by atoms with Crippen LogP contribution in [0.25, 0.3) is 0 Å². The summed E-state index contributed by atoms with van der Waals surface area (Å²) in [5, 5.41) is 5.72. The highest BCUT2D eigenvalue weighted by Crippen LogP contribution is 2.23. The van der Waals surface area contributed by atoms with Crippen LogP contribution in [-0.2, 0) is 20.9 Å². The van der Waals surface area contributed by atoms with E-state index in [-0.39, 0.29) is 36.7 Å². The summed E-state index contributed by atoms with van der Waals surface area (Å²) in [6.45, 7) is 5.74. The van der Waals surface area contributed by atoms with E-state index in [0.717, 1.165) is 5.56 Å². The van der Waals surface area contributed by atoms with Gasteiger partial charge in [-0.2, -0.15) is 0 Å². The molecular weight excluding hydrogens is 410 g/mol. The molecule has 0 aromatic heterocycles. The predicted octanol–water partition coefficient (Wildman–Crippen LogP) is 2.74. The third-order valence-corrected chi connectivity index (χ3v) is 5.23. The van der Waals surface area contributed by atoms with Crippen molar-refractivity contribution in [3.8, 4) is 5.75 Å². The third kappa shape index (κ3) is 5.72. The Balaban J connectivity index is 1.63. The largest absolute Gasteiger partial charge is 0.427 e. The summed E-state index contributed by atoms with van der Waals surface area (Å²) in [5.41, 5.74) is 1.67. The van der Waals surface area contributed by atoms with Gasteiger partial charge in [-0.25, -0.2) is 0 Å². The number of ether oxygens (including phenoxy) is 1. The van der Waals surface area contributed by atoms with Crippen molar-refractivity contribution >= 4 is 29.4 Å². The monoisotopic (exact) mass is 437 g/mol. The molecule has 2 aromatic rings. The van der Waals surface area contributed by atoms with Gasteiger partial charge in [-0.15, -0.1) is 0 Å². The van der Waals surface area contributed by atoms with Crippen molar-refractivity contribution in [2.75, 3.05) is 11.9 Å². The minimum absolute atomic E-state index is 0.0170. The summed E-state index contributed by atoms with van der Waals surface area (Å²) < 4.78 is 5.02. The number of rotatable bonds is 7. The molecule has 8 nitrogen and oxygen atoms in total. The minimum atomic E-state index is -0.465. The molecule has 0 radical (unpaired) electrons. The topological polar surface area (TPSA) is 105 Å². The van der Waals surface area contributed by atoms with Gasteiger partial charge in [0.25, 0.3) is 5.91 Å². The van der Waals surface area contributed by atoms with Crippen molar-refractivity contribution in [3.05, 3.63) is 59.7 Å². The maximum absolute atomic E-state index is 12.7. The summed E-state index contributed by atoms with van der Waals surface area (Å²) in [5.74, 6) is -1.15. The average Bonchev–Trinajstić information content (AvgIpc) is 3.15. The van der Waals surface area contributed by atoms with Crippen LogP contribution >= 0.6 is 0 Å². The molecule has 1 heterocycles. The fourth-order valence-electron chi connectivity index (χ4n) is 3.58. The van der Waals surface area contributed by atoms with Crippen molar-refractivity contribution in [3.63, 3.8) is 0 Å². The average molecular weight is 437 g/mol. The first-order valence-electron chi connectivity index (χ1n) is 10.5. The Morgan fingerprint density at radius 1 is 1.12 bits per heavy atom. The number of amides is 3. The van der Waals surface area contributed by atoms with Gasteiger partial charge in [0.15, 0.2) is 0 Å². The smallest absolute Gasteiger partial charge is 0.308 e. The summed E-state index contributed by atoms with van der Waals surface area (Å²) in [6, 6.07) is 13.6. The fourth-order valence-corrected chi connectivity index (χ4v) is 3.58. The first-order chi connectivity index (χ1) is 15.2. The molecule has 0 aliphatic carbocycles. The van der Waals surface area contributed by atoms with Crippen LogP contribution in [0, 0.1) is 5.92 Å². The lowest BCUT2D eigenvalue weighted by atomic mass is 10.1. The van der Waals surface area contributed by atoms with E-state index in [4.69, 9.17) is 4.74 Å². The highest BCUT2D eigenvalue weighted by molar-refractivity contribution is 5.98.